The van der Waals surface area contributed by atoms with Crippen molar-refractivity contribution in [3.05, 3.63) is 12.7 Å². The van der Waals surface area contributed by atoms with Gasteiger partial charge in [0, 0.05) is 6.08 Å². The summed E-state index contributed by atoms with van der Waals surface area (Å²) in [5.41, 5.74) is 0. The highest BCUT2D eigenvalue weighted by atomic mass is 16.4. The molecule has 2 fully saturated rings. The molecule has 3 nitrogen and oxygen atoms in total. The van der Waals surface area contributed by atoms with Gasteiger partial charge in [0.15, 0.2) is 0 Å². The Bertz CT molecular complexity index is 213. The van der Waals surface area contributed by atoms with Crippen LogP contribution < -0.4 is 6.15 Å². The Balaban J connectivity index is 0.000000421. The Hall–Kier alpha value is -0.830. The summed E-state index contributed by atoms with van der Waals surface area (Å²) in [5, 5.41) is 7.60. The van der Waals surface area contributed by atoms with Crippen molar-refractivity contribution in [2.24, 2.45) is 11.8 Å². The van der Waals surface area contributed by atoms with Crippen LogP contribution in [0, 0.1) is 11.8 Å². The zero-order valence-electron chi connectivity index (χ0n) is 11.6. The van der Waals surface area contributed by atoms with Crippen molar-refractivity contribution in [3.63, 3.8) is 0 Å². The minimum absolute atomic E-state index is 0. The molecule has 2 saturated carbocycles. The first-order valence-electron chi connectivity index (χ1n) is 7.09. The third-order valence-electron chi connectivity index (χ3n) is 4.14. The molecule has 0 unspecified atom stereocenters. The zero-order chi connectivity index (χ0) is 12.5. The van der Waals surface area contributed by atoms with Crippen molar-refractivity contribution in [1.29, 1.82) is 0 Å². The van der Waals surface area contributed by atoms with Crippen molar-refractivity contribution in [1.82, 2.24) is 6.15 Å². The van der Waals surface area contributed by atoms with E-state index in [0.717, 1.165) is 17.9 Å². The summed E-state index contributed by atoms with van der Waals surface area (Å²) in [4.78, 5) is 9.25. The molecule has 3 heteroatoms. The molecule has 0 amide bonds. The number of carboxylic acid groups (broad SMARTS) is 1. The van der Waals surface area contributed by atoms with Gasteiger partial charge in [-0.25, -0.2) is 4.79 Å². The molecule has 2 aliphatic carbocycles. The van der Waals surface area contributed by atoms with E-state index in [1.807, 2.05) is 0 Å². The average molecular weight is 255 g/mol. The van der Waals surface area contributed by atoms with Crippen LogP contribution in [0.2, 0.25) is 0 Å². The molecule has 0 aromatic heterocycles. The summed E-state index contributed by atoms with van der Waals surface area (Å²) in [6.45, 7) is 2.96. The Morgan fingerprint density at radius 1 is 0.889 bits per heavy atom. The van der Waals surface area contributed by atoms with E-state index in [9.17, 15) is 4.79 Å². The SMILES string of the molecule is C1CCC(C2CCCCC2)CC1.C=CC(=O)O.N. The van der Waals surface area contributed by atoms with Crippen LogP contribution in [0.1, 0.15) is 64.2 Å². The lowest BCUT2D eigenvalue weighted by atomic mass is 9.73. The van der Waals surface area contributed by atoms with Crippen molar-refractivity contribution >= 4 is 5.97 Å². The predicted octanol–water partition coefficient (Wildman–Crippen LogP) is 4.57. The quantitative estimate of drug-likeness (QED) is 0.710. The second-order valence-corrected chi connectivity index (χ2v) is 5.34. The number of hydrogen-bond acceptors (Lipinski definition) is 2. The summed E-state index contributed by atoms with van der Waals surface area (Å²) in [7, 11) is 0. The Morgan fingerprint density at radius 3 is 1.39 bits per heavy atom. The van der Waals surface area contributed by atoms with Gasteiger partial charge in [-0.15, -0.1) is 0 Å². The van der Waals surface area contributed by atoms with Crippen molar-refractivity contribution in [2.75, 3.05) is 0 Å². The maximum absolute atomic E-state index is 9.25. The maximum atomic E-state index is 9.25. The summed E-state index contributed by atoms with van der Waals surface area (Å²) in [6, 6.07) is 0. The van der Waals surface area contributed by atoms with Gasteiger partial charge in [-0.2, -0.15) is 0 Å². The smallest absolute Gasteiger partial charge is 0.327 e. The molecule has 0 heterocycles. The summed E-state index contributed by atoms with van der Waals surface area (Å²) in [5.74, 6) is 1.29. The van der Waals surface area contributed by atoms with Crippen LogP contribution >= 0.6 is 0 Å². The van der Waals surface area contributed by atoms with E-state index < -0.39 is 5.97 Å². The molecule has 2 aliphatic rings. The van der Waals surface area contributed by atoms with Crippen LogP contribution in [0.25, 0.3) is 0 Å². The molecule has 0 radical (unpaired) electrons. The molecule has 4 N–H and O–H groups in total. The zero-order valence-corrected chi connectivity index (χ0v) is 11.6. The maximum Gasteiger partial charge on any atom is 0.327 e. The molecule has 0 aromatic rings. The summed E-state index contributed by atoms with van der Waals surface area (Å²) in [6.07, 6.45) is 16.2. The van der Waals surface area contributed by atoms with E-state index in [0.29, 0.717) is 0 Å². The summed E-state index contributed by atoms with van der Waals surface area (Å²) >= 11 is 0. The minimum Gasteiger partial charge on any atom is -0.478 e. The van der Waals surface area contributed by atoms with Gasteiger partial charge in [0.25, 0.3) is 0 Å². The highest BCUT2D eigenvalue weighted by Gasteiger charge is 2.24. The number of carboxylic acids is 1. The number of rotatable bonds is 2. The predicted molar refractivity (Wildman–Crippen MR) is 76.0 cm³/mol. The molecule has 2 rings (SSSR count). The lowest BCUT2D eigenvalue weighted by Crippen LogP contribution is -2.20. The van der Waals surface area contributed by atoms with Gasteiger partial charge >= 0.3 is 5.97 Å². The van der Waals surface area contributed by atoms with E-state index >= 15 is 0 Å². The van der Waals surface area contributed by atoms with Gasteiger partial charge in [-0.3, -0.25) is 0 Å². The molecular formula is C15H29NO2. The van der Waals surface area contributed by atoms with Gasteiger partial charge in [-0.1, -0.05) is 70.8 Å². The molecule has 0 bridgehead atoms. The Morgan fingerprint density at radius 2 is 1.17 bits per heavy atom. The monoisotopic (exact) mass is 255 g/mol. The molecule has 0 atom stereocenters. The van der Waals surface area contributed by atoms with Crippen molar-refractivity contribution in [3.8, 4) is 0 Å². The van der Waals surface area contributed by atoms with Gasteiger partial charge in [-0.05, 0) is 11.8 Å². The van der Waals surface area contributed by atoms with Crippen LogP contribution in [0.5, 0.6) is 0 Å². The molecular weight excluding hydrogens is 226 g/mol. The normalized spacial score (nSPS) is 21.1. The van der Waals surface area contributed by atoms with Gasteiger partial charge < -0.3 is 11.3 Å². The second-order valence-electron chi connectivity index (χ2n) is 5.34. The summed E-state index contributed by atoms with van der Waals surface area (Å²) < 4.78 is 0. The first-order valence-corrected chi connectivity index (χ1v) is 7.09. The van der Waals surface area contributed by atoms with Crippen LogP contribution in [-0.2, 0) is 4.79 Å². The largest absolute Gasteiger partial charge is 0.478 e. The molecule has 106 valence electrons. The highest BCUT2D eigenvalue weighted by molar-refractivity contribution is 5.78. The van der Waals surface area contributed by atoms with Crippen LogP contribution in [0.3, 0.4) is 0 Å². The fourth-order valence-electron chi connectivity index (χ4n) is 3.21. The first kappa shape index (κ1) is 17.2. The number of hydrogen-bond donors (Lipinski definition) is 2. The third kappa shape index (κ3) is 6.80. The topological polar surface area (TPSA) is 72.3 Å². The van der Waals surface area contributed by atoms with E-state index in [4.69, 9.17) is 5.11 Å². The Kier molecular flexibility index (Phi) is 9.66. The lowest BCUT2D eigenvalue weighted by molar-refractivity contribution is -0.131. The molecule has 18 heavy (non-hydrogen) atoms. The number of aliphatic carboxylic acids is 1. The van der Waals surface area contributed by atoms with E-state index in [1.165, 1.54) is 38.5 Å². The molecule has 0 aliphatic heterocycles. The van der Waals surface area contributed by atoms with Crippen LogP contribution in [0.4, 0.5) is 0 Å². The van der Waals surface area contributed by atoms with E-state index in [-0.39, 0.29) is 6.15 Å². The van der Waals surface area contributed by atoms with Gasteiger partial charge in [0.2, 0.25) is 0 Å². The lowest BCUT2D eigenvalue weighted by Gasteiger charge is -2.32. The number of carbonyl (C=O) groups is 1. The molecule has 0 aromatic carbocycles. The minimum atomic E-state index is -0.981. The average Bonchev–Trinajstić information content (AvgIpc) is 2.41. The van der Waals surface area contributed by atoms with Crippen LogP contribution in [0.15, 0.2) is 12.7 Å². The van der Waals surface area contributed by atoms with Gasteiger partial charge in [0.1, 0.15) is 0 Å². The Labute approximate surface area is 111 Å². The molecule has 0 spiro atoms. The molecule has 0 saturated heterocycles. The fourth-order valence-corrected chi connectivity index (χ4v) is 3.21. The standard InChI is InChI=1S/C12H22.C3H4O2.H3N/c1-3-7-11(8-4-1)12-9-5-2-6-10-12;1-2-3(4)5;/h11-12H,1-10H2;2H,1H2,(H,4,5);1H3. The van der Waals surface area contributed by atoms with Crippen molar-refractivity contribution in [2.45, 2.75) is 64.2 Å². The van der Waals surface area contributed by atoms with Gasteiger partial charge in [0.05, 0.1) is 0 Å². The third-order valence-corrected chi connectivity index (χ3v) is 4.14. The first-order chi connectivity index (χ1) is 8.24. The fraction of sp³-hybridized carbons (Fsp3) is 0.800. The van der Waals surface area contributed by atoms with Crippen molar-refractivity contribution < 1.29 is 9.90 Å². The van der Waals surface area contributed by atoms with Crippen LogP contribution in [-0.4, -0.2) is 11.1 Å². The van der Waals surface area contributed by atoms with E-state index in [2.05, 4.69) is 6.58 Å². The second kappa shape index (κ2) is 10.1. The highest BCUT2D eigenvalue weighted by Crippen LogP contribution is 2.37. The van der Waals surface area contributed by atoms with E-state index in [1.54, 1.807) is 25.7 Å².